The number of esters is 1. The summed E-state index contributed by atoms with van der Waals surface area (Å²) >= 11 is 0. The molecule has 0 aromatic heterocycles. The van der Waals surface area contributed by atoms with Crippen LogP contribution in [0.2, 0.25) is 0 Å². The van der Waals surface area contributed by atoms with Gasteiger partial charge in [-0.05, 0) is 93.2 Å². The van der Waals surface area contributed by atoms with Gasteiger partial charge in [0.2, 0.25) is 5.91 Å². The number of methoxy groups -OCH3 is 2. The first-order valence-corrected chi connectivity index (χ1v) is 19.0. The van der Waals surface area contributed by atoms with Gasteiger partial charge in [-0.2, -0.15) is 0 Å². The maximum Gasteiger partial charge on any atom is 0.329 e. The molecule has 2 aromatic carbocycles. The summed E-state index contributed by atoms with van der Waals surface area (Å²) in [5.41, 5.74) is 1.86. The van der Waals surface area contributed by atoms with Crippen molar-refractivity contribution in [3.8, 4) is 17.2 Å². The number of carbonyl (C=O) groups is 2. The first kappa shape index (κ1) is 38.6. The van der Waals surface area contributed by atoms with Crippen LogP contribution in [0, 0.1) is 11.8 Å². The summed E-state index contributed by atoms with van der Waals surface area (Å²) < 4.78 is 29.0. The van der Waals surface area contributed by atoms with Crippen LogP contribution in [0.3, 0.4) is 0 Å². The number of nitrogens with zero attached hydrogens (tertiary/aromatic N) is 2. The van der Waals surface area contributed by atoms with Crippen molar-refractivity contribution in [3.05, 3.63) is 65.7 Å². The lowest BCUT2D eigenvalue weighted by Gasteiger charge is -2.40. The molecule has 2 aliphatic heterocycles. The molecule has 51 heavy (non-hydrogen) atoms. The van der Waals surface area contributed by atoms with Gasteiger partial charge in [0.15, 0.2) is 11.5 Å². The van der Waals surface area contributed by atoms with E-state index < -0.39 is 30.1 Å². The average molecular weight is 707 g/mol. The predicted octanol–water partition coefficient (Wildman–Crippen LogP) is 6.15. The van der Waals surface area contributed by atoms with Crippen molar-refractivity contribution in [1.82, 2.24) is 9.80 Å². The number of aliphatic hydroxyl groups excluding tert-OH is 1. The van der Waals surface area contributed by atoms with Crippen LogP contribution in [0.5, 0.6) is 17.2 Å². The molecule has 1 unspecified atom stereocenters. The number of hydrogen-bond acceptors (Lipinski definition) is 9. The van der Waals surface area contributed by atoms with Crippen molar-refractivity contribution in [1.29, 1.82) is 0 Å². The first-order valence-electron chi connectivity index (χ1n) is 19.0. The van der Waals surface area contributed by atoms with Crippen LogP contribution in [-0.4, -0.2) is 99.1 Å². The number of morpholine rings is 1. The molecular formula is C41H58N2O8. The lowest BCUT2D eigenvalue weighted by atomic mass is 9.76. The summed E-state index contributed by atoms with van der Waals surface area (Å²) in [6.45, 7) is 6.96. The Kier molecular flexibility index (Phi) is 15.0. The highest BCUT2D eigenvalue weighted by Gasteiger charge is 2.42. The summed E-state index contributed by atoms with van der Waals surface area (Å²) in [5, 5.41) is 11.2. The normalized spacial score (nSPS) is 20.8. The number of carbonyl (C=O) groups excluding carboxylic acids is 2. The average Bonchev–Trinajstić information content (AvgIpc) is 3.17. The van der Waals surface area contributed by atoms with E-state index in [1.165, 1.54) is 0 Å². The fraction of sp³-hybridized carbons (Fsp3) is 0.610. The molecular weight excluding hydrogens is 648 g/mol. The Morgan fingerprint density at radius 1 is 0.941 bits per heavy atom. The monoisotopic (exact) mass is 706 g/mol. The summed E-state index contributed by atoms with van der Waals surface area (Å²) in [5.74, 6) is 1.00. The van der Waals surface area contributed by atoms with E-state index in [0.717, 1.165) is 94.7 Å². The second-order valence-corrected chi connectivity index (χ2v) is 14.0. The highest BCUT2D eigenvalue weighted by Crippen LogP contribution is 2.36. The summed E-state index contributed by atoms with van der Waals surface area (Å²) in [7, 11) is 3.23. The molecule has 10 heteroatoms. The third-order valence-corrected chi connectivity index (χ3v) is 10.7. The smallest absolute Gasteiger partial charge is 0.329 e. The summed E-state index contributed by atoms with van der Waals surface area (Å²) in [6.07, 6.45) is 10.5. The zero-order valence-corrected chi connectivity index (χ0v) is 30.8. The third-order valence-electron chi connectivity index (χ3n) is 10.7. The number of rotatable bonds is 16. The van der Waals surface area contributed by atoms with Crippen LogP contribution >= 0.6 is 0 Å². The Balaban J connectivity index is 1.35. The van der Waals surface area contributed by atoms with Crippen molar-refractivity contribution in [2.45, 2.75) is 89.4 Å². The van der Waals surface area contributed by atoms with Crippen molar-refractivity contribution < 1.29 is 38.4 Å². The van der Waals surface area contributed by atoms with E-state index in [2.05, 4.69) is 4.90 Å². The number of hydrogen-bond donors (Lipinski definition) is 1. The highest BCUT2D eigenvalue weighted by molar-refractivity contribution is 5.87. The van der Waals surface area contributed by atoms with Crippen molar-refractivity contribution in [2.24, 2.45) is 11.8 Å². The maximum atomic E-state index is 14.3. The van der Waals surface area contributed by atoms with Crippen LogP contribution < -0.4 is 14.2 Å². The standard InChI is InChI=1S/C41H58N2O8/c1-4-11-35(44)39(31-12-6-5-7-13-31)40(45)43-21-9-8-16-34(43)41(46)51-36(19-17-30-18-20-37(47-2)38(28-30)48-3)32-14-10-15-33(29-32)50-27-24-42-22-25-49-26-23-42/h4,10-11,14-15,18,20,28-29,31,34-36,39,44H,5-9,12-13,16-17,19,21-27H2,1-3H3/b11-4+/t34?,35-,36-,39+/m1/s1. The van der Waals surface area contributed by atoms with Gasteiger partial charge in [-0.3, -0.25) is 9.69 Å². The number of piperidine rings is 1. The van der Waals surface area contributed by atoms with Gasteiger partial charge in [-0.15, -0.1) is 0 Å². The summed E-state index contributed by atoms with van der Waals surface area (Å²) in [4.78, 5) is 32.6. The van der Waals surface area contributed by atoms with Crippen molar-refractivity contribution in [2.75, 3.05) is 60.2 Å². The molecule has 2 aromatic rings. The quantitative estimate of drug-likeness (QED) is 0.163. The lowest BCUT2D eigenvalue weighted by molar-refractivity contribution is -0.165. The van der Waals surface area contributed by atoms with E-state index in [1.54, 1.807) is 31.3 Å². The first-order chi connectivity index (χ1) is 24.9. The largest absolute Gasteiger partial charge is 0.493 e. The van der Waals surface area contributed by atoms with E-state index in [1.807, 2.05) is 49.4 Å². The van der Waals surface area contributed by atoms with Gasteiger partial charge in [-0.25, -0.2) is 4.79 Å². The molecule has 1 aliphatic carbocycles. The molecule has 5 rings (SSSR count). The molecule has 0 bridgehead atoms. The Hall–Kier alpha value is -3.60. The number of ether oxygens (including phenoxy) is 5. The van der Waals surface area contributed by atoms with E-state index in [0.29, 0.717) is 43.9 Å². The van der Waals surface area contributed by atoms with Crippen LogP contribution in [-0.2, 0) is 25.5 Å². The number of likely N-dealkylation sites (tertiary alicyclic amines) is 1. The van der Waals surface area contributed by atoms with Crippen LogP contribution in [0.15, 0.2) is 54.6 Å². The number of amides is 1. The molecule has 0 spiro atoms. The molecule has 1 N–H and O–H groups in total. The second kappa shape index (κ2) is 19.9. The van der Waals surface area contributed by atoms with Gasteiger partial charge in [0, 0.05) is 26.2 Å². The molecule has 1 amide bonds. The van der Waals surface area contributed by atoms with Crippen molar-refractivity contribution >= 4 is 11.9 Å². The Morgan fingerprint density at radius 2 is 1.71 bits per heavy atom. The lowest BCUT2D eigenvalue weighted by Crippen LogP contribution is -2.53. The van der Waals surface area contributed by atoms with Crippen molar-refractivity contribution in [3.63, 3.8) is 0 Å². The minimum Gasteiger partial charge on any atom is -0.493 e. The third kappa shape index (κ3) is 10.7. The van der Waals surface area contributed by atoms with E-state index in [4.69, 9.17) is 23.7 Å². The minimum absolute atomic E-state index is 0.0938. The number of aryl methyl sites for hydroxylation is 1. The van der Waals surface area contributed by atoms with E-state index >= 15 is 0 Å². The topological polar surface area (TPSA) is 107 Å². The SMILES string of the molecule is C/C=C/[C@@H](O)[C@@H](C(=O)N1CCCCC1C(=O)O[C@H](CCc1ccc(OC)c(OC)c1)c1cccc(OCCN2CCOCC2)c1)C1CCCCC1. The Morgan fingerprint density at radius 3 is 2.45 bits per heavy atom. The van der Waals surface area contributed by atoms with Gasteiger partial charge in [-0.1, -0.05) is 49.6 Å². The molecule has 0 radical (unpaired) electrons. The van der Waals surface area contributed by atoms with Gasteiger partial charge in [0.25, 0.3) is 0 Å². The zero-order valence-electron chi connectivity index (χ0n) is 30.8. The Bertz CT molecular complexity index is 1420. The molecule has 1 saturated carbocycles. The number of benzene rings is 2. The molecule has 2 heterocycles. The van der Waals surface area contributed by atoms with Crippen LogP contribution in [0.25, 0.3) is 0 Å². The number of allylic oxidation sites excluding steroid dienone is 1. The fourth-order valence-electron chi connectivity index (χ4n) is 7.84. The Labute approximate surface area is 304 Å². The fourth-order valence-corrected chi connectivity index (χ4v) is 7.84. The van der Waals surface area contributed by atoms with E-state index in [-0.39, 0.29) is 11.8 Å². The van der Waals surface area contributed by atoms with E-state index in [9.17, 15) is 14.7 Å². The molecule has 280 valence electrons. The minimum atomic E-state index is -0.885. The summed E-state index contributed by atoms with van der Waals surface area (Å²) in [6, 6.07) is 12.9. The van der Waals surface area contributed by atoms with Gasteiger partial charge in [0.1, 0.15) is 24.5 Å². The maximum absolute atomic E-state index is 14.3. The van der Waals surface area contributed by atoms with Gasteiger partial charge < -0.3 is 33.7 Å². The molecule has 3 aliphatic rings. The second-order valence-electron chi connectivity index (χ2n) is 14.0. The van der Waals surface area contributed by atoms with Gasteiger partial charge >= 0.3 is 5.97 Å². The molecule has 10 nitrogen and oxygen atoms in total. The molecule has 4 atom stereocenters. The van der Waals surface area contributed by atoms with Gasteiger partial charge in [0.05, 0.1) is 39.5 Å². The van der Waals surface area contributed by atoms with Crippen LogP contribution in [0.1, 0.15) is 81.9 Å². The molecule has 3 fully saturated rings. The zero-order chi connectivity index (χ0) is 36.0. The van der Waals surface area contributed by atoms with Crippen LogP contribution in [0.4, 0.5) is 0 Å². The number of aliphatic hydroxyl groups is 1. The predicted molar refractivity (Wildman–Crippen MR) is 196 cm³/mol. The highest BCUT2D eigenvalue weighted by atomic mass is 16.5. The molecule has 2 saturated heterocycles.